The molecule has 0 saturated carbocycles. The molecule has 1 atom stereocenters. The Labute approximate surface area is 108 Å². The van der Waals surface area contributed by atoms with E-state index in [1.807, 2.05) is 37.3 Å². The van der Waals surface area contributed by atoms with Gasteiger partial charge < -0.3 is 9.47 Å². The second-order valence-corrected chi connectivity index (χ2v) is 4.83. The molecule has 18 heavy (non-hydrogen) atoms. The molecular weight excluding hydrogens is 228 g/mol. The molecule has 2 rings (SSSR count). The Morgan fingerprint density at radius 2 is 2.00 bits per heavy atom. The lowest BCUT2D eigenvalue weighted by molar-refractivity contribution is -0.152. The molecule has 0 amide bonds. The quantitative estimate of drug-likeness (QED) is 0.769. The molecule has 0 aromatic heterocycles. The Morgan fingerprint density at radius 3 is 2.67 bits per heavy atom. The van der Waals surface area contributed by atoms with Crippen LogP contribution in [0.4, 0.5) is 0 Å². The molecule has 98 valence electrons. The molecule has 1 fully saturated rings. The SMILES string of the molecule is C[C@@H](C(=O)OCc1ccccc1)C1CCOCC1. The van der Waals surface area contributed by atoms with Crippen LogP contribution in [0.2, 0.25) is 0 Å². The van der Waals surface area contributed by atoms with Crippen molar-refractivity contribution in [2.75, 3.05) is 13.2 Å². The topological polar surface area (TPSA) is 35.5 Å². The second kappa shape index (κ2) is 6.55. The van der Waals surface area contributed by atoms with E-state index in [2.05, 4.69) is 0 Å². The van der Waals surface area contributed by atoms with Crippen LogP contribution in [0.5, 0.6) is 0 Å². The van der Waals surface area contributed by atoms with Crippen LogP contribution in [0.3, 0.4) is 0 Å². The molecule has 1 aromatic carbocycles. The highest BCUT2D eigenvalue weighted by Crippen LogP contribution is 2.24. The lowest BCUT2D eigenvalue weighted by Gasteiger charge is -2.26. The normalized spacial score (nSPS) is 18.3. The lowest BCUT2D eigenvalue weighted by Crippen LogP contribution is -2.28. The van der Waals surface area contributed by atoms with Gasteiger partial charge in [0, 0.05) is 13.2 Å². The van der Waals surface area contributed by atoms with Crippen molar-refractivity contribution in [2.45, 2.75) is 26.4 Å². The van der Waals surface area contributed by atoms with Crippen molar-refractivity contribution in [3.63, 3.8) is 0 Å². The van der Waals surface area contributed by atoms with E-state index >= 15 is 0 Å². The zero-order valence-corrected chi connectivity index (χ0v) is 10.8. The molecular formula is C15H20O3. The molecule has 1 aromatic rings. The maximum Gasteiger partial charge on any atom is 0.309 e. The summed E-state index contributed by atoms with van der Waals surface area (Å²) in [7, 11) is 0. The van der Waals surface area contributed by atoms with Gasteiger partial charge in [-0.25, -0.2) is 0 Å². The van der Waals surface area contributed by atoms with Gasteiger partial charge in [0.15, 0.2) is 0 Å². The molecule has 0 spiro atoms. The zero-order valence-electron chi connectivity index (χ0n) is 10.8. The van der Waals surface area contributed by atoms with Crippen LogP contribution < -0.4 is 0 Å². The number of esters is 1. The first kappa shape index (κ1) is 13.1. The predicted molar refractivity (Wildman–Crippen MR) is 68.9 cm³/mol. The van der Waals surface area contributed by atoms with E-state index in [4.69, 9.17) is 9.47 Å². The summed E-state index contributed by atoms with van der Waals surface area (Å²) in [4.78, 5) is 12.0. The minimum atomic E-state index is -0.0919. The summed E-state index contributed by atoms with van der Waals surface area (Å²) in [6.45, 7) is 3.86. The van der Waals surface area contributed by atoms with E-state index in [9.17, 15) is 4.79 Å². The van der Waals surface area contributed by atoms with Crippen LogP contribution in [-0.4, -0.2) is 19.2 Å². The van der Waals surface area contributed by atoms with Gasteiger partial charge in [0.1, 0.15) is 6.61 Å². The maximum absolute atomic E-state index is 12.0. The van der Waals surface area contributed by atoms with Gasteiger partial charge >= 0.3 is 5.97 Å². The molecule has 1 heterocycles. The molecule has 0 unspecified atom stereocenters. The Hall–Kier alpha value is -1.35. The molecule has 0 radical (unpaired) electrons. The summed E-state index contributed by atoms with van der Waals surface area (Å²) < 4.78 is 10.7. The number of hydrogen-bond donors (Lipinski definition) is 0. The van der Waals surface area contributed by atoms with Gasteiger partial charge in [-0.3, -0.25) is 4.79 Å². The fraction of sp³-hybridized carbons (Fsp3) is 0.533. The largest absolute Gasteiger partial charge is 0.461 e. The summed E-state index contributed by atoms with van der Waals surface area (Å²) in [6.07, 6.45) is 1.92. The fourth-order valence-electron chi connectivity index (χ4n) is 2.27. The van der Waals surface area contributed by atoms with E-state index in [0.717, 1.165) is 31.6 Å². The van der Waals surface area contributed by atoms with E-state index in [0.29, 0.717) is 12.5 Å². The summed E-state index contributed by atoms with van der Waals surface area (Å²) in [5.41, 5.74) is 1.03. The molecule has 3 heteroatoms. The van der Waals surface area contributed by atoms with Gasteiger partial charge in [-0.15, -0.1) is 0 Å². The smallest absolute Gasteiger partial charge is 0.309 e. The molecule has 0 bridgehead atoms. The van der Waals surface area contributed by atoms with E-state index < -0.39 is 0 Å². The van der Waals surface area contributed by atoms with Crippen molar-refractivity contribution < 1.29 is 14.3 Å². The van der Waals surface area contributed by atoms with Crippen molar-refractivity contribution in [3.05, 3.63) is 35.9 Å². The van der Waals surface area contributed by atoms with Crippen LogP contribution in [0, 0.1) is 11.8 Å². The predicted octanol–water partition coefficient (Wildman–Crippen LogP) is 2.79. The summed E-state index contributed by atoms with van der Waals surface area (Å²) >= 11 is 0. The van der Waals surface area contributed by atoms with Crippen molar-refractivity contribution in [1.29, 1.82) is 0 Å². The average molecular weight is 248 g/mol. The number of benzene rings is 1. The average Bonchev–Trinajstić information content (AvgIpc) is 2.46. The molecule has 3 nitrogen and oxygen atoms in total. The first-order valence-electron chi connectivity index (χ1n) is 6.55. The van der Waals surface area contributed by atoms with Crippen molar-refractivity contribution in [1.82, 2.24) is 0 Å². The van der Waals surface area contributed by atoms with Crippen molar-refractivity contribution in [2.24, 2.45) is 11.8 Å². The van der Waals surface area contributed by atoms with Crippen LogP contribution in [0.15, 0.2) is 30.3 Å². The summed E-state index contributed by atoms with van der Waals surface area (Å²) in [5, 5.41) is 0. The third kappa shape index (κ3) is 3.57. The molecule has 0 aliphatic carbocycles. The zero-order chi connectivity index (χ0) is 12.8. The van der Waals surface area contributed by atoms with Crippen molar-refractivity contribution in [3.8, 4) is 0 Å². The molecule has 0 N–H and O–H groups in total. The second-order valence-electron chi connectivity index (χ2n) is 4.83. The fourth-order valence-corrected chi connectivity index (χ4v) is 2.27. The number of hydrogen-bond acceptors (Lipinski definition) is 3. The molecule has 1 aliphatic rings. The minimum absolute atomic E-state index is 0.0300. The third-order valence-corrected chi connectivity index (χ3v) is 3.57. The Kier molecular flexibility index (Phi) is 4.76. The first-order chi connectivity index (χ1) is 8.77. The van der Waals surface area contributed by atoms with Gasteiger partial charge in [0.05, 0.1) is 5.92 Å². The lowest BCUT2D eigenvalue weighted by atomic mass is 9.87. The van der Waals surface area contributed by atoms with E-state index in [1.165, 1.54) is 0 Å². The van der Waals surface area contributed by atoms with Crippen LogP contribution in [0.1, 0.15) is 25.3 Å². The summed E-state index contributed by atoms with van der Waals surface area (Å²) in [5.74, 6) is 0.283. The third-order valence-electron chi connectivity index (χ3n) is 3.57. The Balaban J connectivity index is 1.80. The number of carbonyl (C=O) groups is 1. The summed E-state index contributed by atoms with van der Waals surface area (Å²) in [6, 6.07) is 9.78. The number of rotatable bonds is 4. The maximum atomic E-state index is 12.0. The van der Waals surface area contributed by atoms with Gasteiger partial charge in [-0.2, -0.15) is 0 Å². The molecule has 1 aliphatic heterocycles. The van der Waals surface area contributed by atoms with Gasteiger partial charge in [0.2, 0.25) is 0 Å². The highest BCUT2D eigenvalue weighted by molar-refractivity contribution is 5.72. The molecule has 1 saturated heterocycles. The Bertz CT molecular complexity index is 369. The van der Waals surface area contributed by atoms with Crippen molar-refractivity contribution >= 4 is 5.97 Å². The first-order valence-corrected chi connectivity index (χ1v) is 6.55. The van der Waals surface area contributed by atoms with Crippen LogP contribution in [0.25, 0.3) is 0 Å². The van der Waals surface area contributed by atoms with E-state index in [1.54, 1.807) is 0 Å². The van der Waals surface area contributed by atoms with E-state index in [-0.39, 0.29) is 11.9 Å². The standard InChI is InChI=1S/C15H20O3/c1-12(14-7-9-17-10-8-14)15(16)18-11-13-5-3-2-4-6-13/h2-6,12,14H,7-11H2,1H3/t12-/m1/s1. The van der Waals surface area contributed by atoms with Gasteiger partial charge in [-0.1, -0.05) is 37.3 Å². The van der Waals surface area contributed by atoms with Crippen LogP contribution >= 0.6 is 0 Å². The monoisotopic (exact) mass is 248 g/mol. The van der Waals surface area contributed by atoms with Crippen LogP contribution in [-0.2, 0) is 20.9 Å². The number of carbonyl (C=O) groups excluding carboxylic acids is 1. The highest BCUT2D eigenvalue weighted by atomic mass is 16.5. The minimum Gasteiger partial charge on any atom is -0.461 e. The Morgan fingerprint density at radius 1 is 1.33 bits per heavy atom. The van der Waals surface area contributed by atoms with Gasteiger partial charge in [-0.05, 0) is 24.3 Å². The number of ether oxygens (including phenoxy) is 2. The van der Waals surface area contributed by atoms with Gasteiger partial charge in [0.25, 0.3) is 0 Å². The highest BCUT2D eigenvalue weighted by Gasteiger charge is 2.26.